The smallest absolute Gasteiger partial charge is 0.313 e. The van der Waals surface area contributed by atoms with E-state index in [1.165, 1.54) is 6.07 Å². The maximum Gasteiger partial charge on any atom is 0.313 e. The molecule has 5 nitrogen and oxygen atoms in total. The molecule has 1 aromatic rings. The third-order valence-corrected chi connectivity index (χ3v) is 2.03. The normalized spacial score (nSPS) is 9.24. The van der Waals surface area contributed by atoms with Gasteiger partial charge in [0.15, 0.2) is 0 Å². The van der Waals surface area contributed by atoms with Gasteiger partial charge in [0, 0.05) is 0 Å². The Morgan fingerprint density at radius 2 is 2.12 bits per heavy atom. The number of hydrogen-bond acceptors (Lipinski definition) is 3. The van der Waals surface area contributed by atoms with E-state index in [0.29, 0.717) is 0 Å². The Kier molecular flexibility index (Phi) is 4.43. The SMILES string of the molecule is N#CCNC(=O)C(=O)Nc1ccc(F)cc1Cl. The minimum atomic E-state index is -0.978. The number of nitrogens with one attached hydrogen (secondary N) is 2. The summed E-state index contributed by atoms with van der Waals surface area (Å²) in [4.78, 5) is 22.4. The number of carbonyl (C=O) groups excluding carboxylic acids is 2. The molecule has 0 fully saturated rings. The molecular weight excluding hydrogens is 249 g/mol. The molecule has 7 heteroatoms. The van der Waals surface area contributed by atoms with Gasteiger partial charge in [0.1, 0.15) is 12.4 Å². The van der Waals surface area contributed by atoms with Crippen LogP contribution < -0.4 is 10.6 Å². The molecule has 0 radical (unpaired) electrons. The van der Waals surface area contributed by atoms with Gasteiger partial charge in [-0.15, -0.1) is 0 Å². The van der Waals surface area contributed by atoms with Crippen LogP contribution in [0, 0.1) is 17.1 Å². The summed E-state index contributed by atoms with van der Waals surface area (Å²) < 4.78 is 12.7. The summed E-state index contributed by atoms with van der Waals surface area (Å²) in [5.74, 6) is -2.50. The highest BCUT2D eigenvalue weighted by atomic mass is 35.5. The molecule has 0 saturated carbocycles. The van der Waals surface area contributed by atoms with Crippen LogP contribution in [-0.4, -0.2) is 18.4 Å². The van der Waals surface area contributed by atoms with Gasteiger partial charge in [-0.1, -0.05) is 11.6 Å². The minimum Gasteiger partial charge on any atom is -0.335 e. The summed E-state index contributed by atoms with van der Waals surface area (Å²) in [5, 5.41) is 12.4. The summed E-state index contributed by atoms with van der Waals surface area (Å²) in [6, 6.07) is 4.97. The third-order valence-electron chi connectivity index (χ3n) is 1.71. The first-order valence-electron chi connectivity index (χ1n) is 4.45. The first-order chi connectivity index (χ1) is 8.04. The highest BCUT2D eigenvalue weighted by Gasteiger charge is 2.14. The summed E-state index contributed by atoms with van der Waals surface area (Å²) in [6.45, 7) is -0.274. The monoisotopic (exact) mass is 255 g/mol. The quantitative estimate of drug-likeness (QED) is 0.612. The van der Waals surface area contributed by atoms with E-state index in [2.05, 4.69) is 10.6 Å². The van der Waals surface area contributed by atoms with Crippen LogP contribution in [0.5, 0.6) is 0 Å². The van der Waals surface area contributed by atoms with Crippen molar-refractivity contribution in [1.29, 1.82) is 5.26 Å². The van der Waals surface area contributed by atoms with E-state index in [1.54, 1.807) is 6.07 Å². The zero-order chi connectivity index (χ0) is 12.8. The molecule has 2 amide bonds. The Hall–Kier alpha value is -2.13. The fraction of sp³-hybridized carbons (Fsp3) is 0.100. The van der Waals surface area contributed by atoms with Crippen LogP contribution in [0.3, 0.4) is 0 Å². The topological polar surface area (TPSA) is 82.0 Å². The lowest BCUT2D eigenvalue weighted by atomic mass is 10.3. The molecule has 0 bridgehead atoms. The Balaban J connectivity index is 2.68. The molecular formula is C10H7ClFN3O2. The zero-order valence-electron chi connectivity index (χ0n) is 8.46. The van der Waals surface area contributed by atoms with Crippen molar-refractivity contribution in [3.8, 4) is 6.07 Å². The van der Waals surface area contributed by atoms with Crippen molar-refractivity contribution in [2.24, 2.45) is 0 Å². The molecule has 0 saturated heterocycles. The lowest BCUT2D eigenvalue weighted by Crippen LogP contribution is -2.35. The number of hydrogen-bond donors (Lipinski definition) is 2. The van der Waals surface area contributed by atoms with E-state index in [-0.39, 0.29) is 17.3 Å². The second-order valence-electron chi connectivity index (χ2n) is 2.92. The number of benzene rings is 1. The summed E-state index contributed by atoms with van der Waals surface area (Å²) >= 11 is 5.64. The average Bonchev–Trinajstić information content (AvgIpc) is 2.29. The molecule has 1 rings (SSSR count). The zero-order valence-corrected chi connectivity index (χ0v) is 9.21. The van der Waals surface area contributed by atoms with Crippen molar-refractivity contribution in [2.75, 3.05) is 11.9 Å². The van der Waals surface area contributed by atoms with Gasteiger partial charge in [-0.25, -0.2) is 4.39 Å². The first kappa shape index (κ1) is 12.9. The fourth-order valence-electron chi connectivity index (χ4n) is 0.970. The van der Waals surface area contributed by atoms with Gasteiger partial charge in [0.2, 0.25) is 0 Å². The predicted octanol–water partition coefficient (Wildman–Crippen LogP) is 1.06. The van der Waals surface area contributed by atoms with E-state index in [9.17, 15) is 14.0 Å². The van der Waals surface area contributed by atoms with Crippen LogP contribution >= 0.6 is 11.6 Å². The maximum absolute atomic E-state index is 12.7. The van der Waals surface area contributed by atoms with Crippen molar-refractivity contribution in [3.05, 3.63) is 29.0 Å². The van der Waals surface area contributed by atoms with Crippen LogP contribution in [0.1, 0.15) is 0 Å². The molecule has 0 aliphatic carbocycles. The van der Waals surface area contributed by atoms with Gasteiger partial charge in [0.25, 0.3) is 0 Å². The number of nitrogens with zero attached hydrogens (tertiary/aromatic N) is 1. The number of carbonyl (C=O) groups is 2. The van der Waals surface area contributed by atoms with Crippen LogP contribution in [0.15, 0.2) is 18.2 Å². The van der Waals surface area contributed by atoms with Crippen LogP contribution in [-0.2, 0) is 9.59 Å². The molecule has 0 aliphatic rings. The Bertz CT molecular complexity index is 499. The molecule has 0 aliphatic heterocycles. The Morgan fingerprint density at radius 1 is 1.41 bits per heavy atom. The van der Waals surface area contributed by atoms with Gasteiger partial charge in [-0.2, -0.15) is 5.26 Å². The van der Waals surface area contributed by atoms with Gasteiger partial charge < -0.3 is 10.6 Å². The van der Waals surface area contributed by atoms with Gasteiger partial charge in [0.05, 0.1) is 16.8 Å². The van der Waals surface area contributed by atoms with E-state index in [0.717, 1.165) is 12.1 Å². The highest BCUT2D eigenvalue weighted by molar-refractivity contribution is 6.41. The Morgan fingerprint density at radius 3 is 2.71 bits per heavy atom. The van der Waals surface area contributed by atoms with Crippen molar-refractivity contribution >= 4 is 29.1 Å². The summed E-state index contributed by atoms with van der Waals surface area (Å²) in [5.41, 5.74) is 0.116. The standard InChI is InChI=1S/C10H7ClFN3O2/c11-7-5-6(12)1-2-8(7)15-10(17)9(16)14-4-3-13/h1-2,5H,4H2,(H,14,16)(H,15,17). The van der Waals surface area contributed by atoms with Crippen LogP contribution in [0.25, 0.3) is 0 Å². The summed E-state index contributed by atoms with van der Waals surface area (Å²) in [6.07, 6.45) is 0. The number of anilines is 1. The fourth-order valence-corrected chi connectivity index (χ4v) is 1.18. The highest BCUT2D eigenvalue weighted by Crippen LogP contribution is 2.22. The molecule has 0 unspecified atom stereocenters. The lowest BCUT2D eigenvalue weighted by Gasteiger charge is -2.06. The van der Waals surface area contributed by atoms with E-state index in [1.807, 2.05) is 0 Å². The minimum absolute atomic E-state index is 0.0218. The molecule has 1 aromatic carbocycles. The second kappa shape index (κ2) is 5.82. The van der Waals surface area contributed by atoms with Gasteiger partial charge in [-0.3, -0.25) is 9.59 Å². The van der Waals surface area contributed by atoms with Crippen molar-refractivity contribution in [2.45, 2.75) is 0 Å². The predicted molar refractivity (Wildman–Crippen MR) is 58.7 cm³/mol. The van der Waals surface area contributed by atoms with E-state index >= 15 is 0 Å². The number of halogens is 2. The number of rotatable bonds is 2. The van der Waals surface area contributed by atoms with Crippen LogP contribution in [0.2, 0.25) is 5.02 Å². The van der Waals surface area contributed by atoms with Gasteiger partial charge >= 0.3 is 11.8 Å². The number of nitriles is 1. The average molecular weight is 256 g/mol. The molecule has 0 spiro atoms. The molecule has 2 N–H and O–H groups in total. The largest absolute Gasteiger partial charge is 0.335 e. The third kappa shape index (κ3) is 3.74. The lowest BCUT2D eigenvalue weighted by molar-refractivity contribution is -0.136. The van der Waals surface area contributed by atoms with E-state index in [4.69, 9.17) is 16.9 Å². The van der Waals surface area contributed by atoms with Crippen molar-refractivity contribution in [3.63, 3.8) is 0 Å². The van der Waals surface area contributed by atoms with Crippen LogP contribution in [0.4, 0.5) is 10.1 Å². The van der Waals surface area contributed by atoms with Gasteiger partial charge in [-0.05, 0) is 18.2 Å². The summed E-state index contributed by atoms with van der Waals surface area (Å²) in [7, 11) is 0. The van der Waals surface area contributed by atoms with Crippen molar-refractivity contribution in [1.82, 2.24) is 5.32 Å². The molecule has 0 heterocycles. The molecule has 17 heavy (non-hydrogen) atoms. The van der Waals surface area contributed by atoms with E-state index < -0.39 is 17.6 Å². The molecule has 0 aromatic heterocycles. The second-order valence-corrected chi connectivity index (χ2v) is 3.33. The first-order valence-corrected chi connectivity index (χ1v) is 4.83. The maximum atomic E-state index is 12.7. The van der Waals surface area contributed by atoms with Crippen molar-refractivity contribution < 1.29 is 14.0 Å². The Labute approximate surface area is 101 Å². The number of amides is 2. The molecule has 88 valence electrons. The molecule has 0 atom stereocenters.